The van der Waals surface area contributed by atoms with E-state index in [1.807, 2.05) is 17.7 Å². The highest BCUT2D eigenvalue weighted by atomic mass is 16.4. The fraction of sp³-hybridized carbons (Fsp3) is 0.556. The molecule has 0 aliphatic rings. The maximum absolute atomic E-state index is 8.55. The molecule has 0 amide bonds. The van der Waals surface area contributed by atoms with Crippen molar-refractivity contribution in [3.8, 4) is 0 Å². The van der Waals surface area contributed by atoms with Crippen molar-refractivity contribution >= 4 is 5.84 Å². The first-order valence-corrected chi connectivity index (χ1v) is 4.69. The lowest BCUT2D eigenvalue weighted by molar-refractivity contribution is 0.314. The van der Waals surface area contributed by atoms with Gasteiger partial charge in [0, 0.05) is 18.8 Å². The molecule has 1 aromatic rings. The van der Waals surface area contributed by atoms with Gasteiger partial charge >= 0.3 is 0 Å². The van der Waals surface area contributed by atoms with Crippen molar-refractivity contribution in [2.24, 2.45) is 10.9 Å². The minimum Gasteiger partial charge on any atom is -0.409 e. The molecule has 1 aromatic heterocycles. The highest BCUT2D eigenvalue weighted by Gasteiger charge is 2.12. The molecule has 78 valence electrons. The largest absolute Gasteiger partial charge is 0.409 e. The Bertz CT molecular complexity index is 318. The van der Waals surface area contributed by atoms with Crippen LogP contribution in [-0.2, 0) is 6.42 Å². The van der Waals surface area contributed by atoms with Gasteiger partial charge in [0.2, 0.25) is 0 Å². The van der Waals surface area contributed by atoms with Gasteiger partial charge in [-0.15, -0.1) is 0 Å². The number of oxime groups is 1. The van der Waals surface area contributed by atoms with Gasteiger partial charge in [-0.3, -0.25) is 0 Å². The van der Waals surface area contributed by atoms with Crippen LogP contribution in [0.1, 0.15) is 32.1 Å². The minimum atomic E-state index is -0.149. The van der Waals surface area contributed by atoms with Gasteiger partial charge in [-0.2, -0.15) is 0 Å². The smallest absolute Gasteiger partial charge is 0.162 e. The maximum atomic E-state index is 8.55. The van der Waals surface area contributed by atoms with Crippen LogP contribution in [0, 0.1) is 0 Å². The topological polar surface area (TPSA) is 76.4 Å². The van der Waals surface area contributed by atoms with Crippen LogP contribution in [0.2, 0.25) is 0 Å². The van der Waals surface area contributed by atoms with Crippen LogP contribution < -0.4 is 5.73 Å². The molecule has 14 heavy (non-hydrogen) atoms. The normalized spacial score (nSPS) is 14.3. The van der Waals surface area contributed by atoms with Crippen LogP contribution in [0.3, 0.4) is 0 Å². The number of nitrogens with zero attached hydrogens (tertiary/aromatic N) is 3. The standard InChI is InChI=1S/C9H16N4O/c1-3-4-8-11-5-6-13(8)7(2)9(10)12-14/h5-7,14H,3-4H2,1-2H3,(H2,10,12). The van der Waals surface area contributed by atoms with E-state index in [0.29, 0.717) is 0 Å². The van der Waals surface area contributed by atoms with Gasteiger partial charge in [0.05, 0.1) is 6.04 Å². The predicted octanol–water partition coefficient (Wildman–Crippen LogP) is 1.14. The van der Waals surface area contributed by atoms with Crippen LogP contribution >= 0.6 is 0 Å². The Morgan fingerprint density at radius 2 is 2.50 bits per heavy atom. The summed E-state index contributed by atoms with van der Waals surface area (Å²) in [5.41, 5.74) is 5.52. The summed E-state index contributed by atoms with van der Waals surface area (Å²) in [5.74, 6) is 1.16. The molecule has 0 bridgehead atoms. The molecule has 5 nitrogen and oxygen atoms in total. The van der Waals surface area contributed by atoms with Crippen molar-refractivity contribution in [3.63, 3.8) is 0 Å². The number of rotatable bonds is 4. The zero-order chi connectivity index (χ0) is 10.6. The summed E-state index contributed by atoms with van der Waals surface area (Å²) in [4.78, 5) is 4.21. The van der Waals surface area contributed by atoms with Crippen molar-refractivity contribution in [3.05, 3.63) is 18.2 Å². The SMILES string of the molecule is CCCc1nccn1C(C)C(N)=NO. The molecule has 5 heteroatoms. The Labute approximate surface area is 83.2 Å². The second-order valence-corrected chi connectivity index (χ2v) is 3.20. The van der Waals surface area contributed by atoms with Crippen LogP contribution in [0.4, 0.5) is 0 Å². The molecule has 0 aromatic carbocycles. The maximum Gasteiger partial charge on any atom is 0.162 e. The molecule has 0 spiro atoms. The average molecular weight is 196 g/mol. The fourth-order valence-electron chi connectivity index (χ4n) is 1.34. The Hall–Kier alpha value is -1.52. The summed E-state index contributed by atoms with van der Waals surface area (Å²) in [6.07, 6.45) is 5.50. The Balaban J connectivity index is 2.88. The average Bonchev–Trinajstić information content (AvgIpc) is 2.64. The number of nitrogens with two attached hydrogens (primary N) is 1. The summed E-state index contributed by atoms with van der Waals surface area (Å²) in [6, 6.07) is -0.149. The van der Waals surface area contributed by atoms with Crippen molar-refractivity contribution in [1.82, 2.24) is 9.55 Å². The summed E-state index contributed by atoms with van der Waals surface area (Å²) in [6.45, 7) is 3.96. The van der Waals surface area contributed by atoms with Crippen LogP contribution in [0.25, 0.3) is 0 Å². The molecular formula is C9H16N4O. The lowest BCUT2D eigenvalue weighted by Gasteiger charge is -2.14. The molecule has 0 radical (unpaired) electrons. The van der Waals surface area contributed by atoms with Gasteiger partial charge in [-0.1, -0.05) is 12.1 Å². The van der Waals surface area contributed by atoms with E-state index in [0.717, 1.165) is 18.7 Å². The monoisotopic (exact) mass is 196 g/mol. The van der Waals surface area contributed by atoms with Gasteiger partial charge in [-0.25, -0.2) is 4.98 Å². The number of amidine groups is 1. The molecule has 1 unspecified atom stereocenters. The highest BCUT2D eigenvalue weighted by Crippen LogP contribution is 2.10. The molecule has 0 fully saturated rings. The van der Waals surface area contributed by atoms with E-state index in [2.05, 4.69) is 17.1 Å². The van der Waals surface area contributed by atoms with E-state index in [4.69, 9.17) is 10.9 Å². The Morgan fingerprint density at radius 3 is 3.07 bits per heavy atom. The number of aromatic nitrogens is 2. The molecular weight excluding hydrogens is 180 g/mol. The van der Waals surface area contributed by atoms with E-state index < -0.39 is 0 Å². The molecule has 1 atom stereocenters. The molecule has 0 saturated carbocycles. The predicted molar refractivity (Wildman–Crippen MR) is 54.3 cm³/mol. The fourth-order valence-corrected chi connectivity index (χ4v) is 1.34. The zero-order valence-electron chi connectivity index (χ0n) is 8.51. The number of aryl methyl sites for hydroxylation is 1. The first-order valence-electron chi connectivity index (χ1n) is 4.69. The first kappa shape index (κ1) is 10.6. The Morgan fingerprint density at radius 1 is 1.79 bits per heavy atom. The Kier molecular flexibility index (Phi) is 3.50. The third-order valence-electron chi connectivity index (χ3n) is 2.18. The van der Waals surface area contributed by atoms with Crippen molar-refractivity contribution < 1.29 is 5.21 Å². The zero-order valence-corrected chi connectivity index (χ0v) is 8.51. The molecule has 1 heterocycles. The van der Waals surface area contributed by atoms with Gasteiger partial charge in [0.1, 0.15) is 5.82 Å². The van der Waals surface area contributed by atoms with E-state index in [1.165, 1.54) is 0 Å². The van der Waals surface area contributed by atoms with Crippen LogP contribution in [0.15, 0.2) is 17.5 Å². The van der Waals surface area contributed by atoms with Gasteiger partial charge in [0.25, 0.3) is 0 Å². The lowest BCUT2D eigenvalue weighted by Crippen LogP contribution is -2.25. The molecule has 0 saturated heterocycles. The third-order valence-corrected chi connectivity index (χ3v) is 2.18. The van der Waals surface area contributed by atoms with E-state index in [-0.39, 0.29) is 11.9 Å². The van der Waals surface area contributed by atoms with Crippen LogP contribution in [-0.4, -0.2) is 20.6 Å². The van der Waals surface area contributed by atoms with Crippen molar-refractivity contribution in [1.29, 1.82) is 0 Å². The van der Waals surface area contributed by atoms with Gasteiger partial charge < -0.3 is 15.5 Å². The molecule has 3 N–H and O–H groups in total. The van der Waals surface area contributed by atoms with Crippen molar-refractivity contribution in [2.75, 3.05) is 0 Å². The third kappa shape index (κ3) is 2.04. The van der Waals surface area contributed by atoms with Crippen molar-refractivity contribution in [2.45, 2.75) is 32.7 Å². The lowest BCUT2D eigenvalue weighted by atomic mass is 10.2. The van der Waals surface area contributed by atoms with Gasteiger partial charge in [0.15, 0.2) is 5.84 Å². The van der Waals surface area contributed by atoms with E-state index in [1.54, 1.807) is 6.20 Å². The number of hydrogen-bond acceptors (Lipinski definition) is 3. The summed E-state index contributed by atoms with van der Waals surface area (Å²) in [7, 11) is 0. The molecule has 0 aliphatic carbocycles. The molecule has 0 aliphatic heterocycles. The highest BCUT2D eigenvalue weighted by molar-refractivity contribution is 5.83. The minimum absolute atomic E-state index is 0.149. The summed E-state index contributed by atoms with van der Waals surface area (Å²) in [5, 5.41) is 11.5. The van der Waals surface area contributed by atoms with E-state index >= 15 is 0 Å². The van der Waals surface area contributed by atoms with Crippen LogP contribution in [0.5, 0.6) is 0 Å². The second-order valence-electron chi connectivity index (χ2n) is 3.20. The summed E-state index contributed by atoms with van der Waals surface area (Å²) < 4.78 is 1.92. The molecule has 1 rings (SSSR count). The number of hydrogen-bond donors (Lipinski definition) is 2. The first-order chi connectivity index (χ1) is 6.70. The van der Waals surface area contributed by atoms with E-state index in [9.17, 15) is 0 Å². The summed E-state index contributed by atoms with van der Waals surface area (Å²) >= 11 is 0. The second kappa shape index (κ2) is 4.64. The van der Waals surface area contributed by atoms with Gasteiger partial charge in [-0.05, 0) is 13.3 Å². The number of imidazole rings is 1. The quantitative estimate of drug-likeness (QED) is 0.328.